The minimum Gasteiger partial charge on any atom is -0.481 e. The first-order chi connectivity index (χ1) is 7.93. The number of carboxylic acids is 1. The summed E-state index contributed by atoms with van der Waals surface area (Å²) in [7, 11) is -3.60. The topological polar surface area (TPSA) is 110 Å². The Kier molecular flexibility index (Phi) is 4.64. The summed E-state index contributed by atoms with van der Waals surface area (Å²) >= 11 is 0. The van der Waals surface area contributed by atoms with Crippen LogP contribution in [0, 0.1) is 0 Å². The van der Waals surface area contributed by atoms with Gasteiger partial charge in [-0.15, -0.1) is 0 Å². The molecule has 0 saturated heterocycles. The Hall–Kier alpha value is -1.41. The normalized spacial score (nSPS) is 11.6. The van der Waals surface area contributed by atoms with Crippen molar-refractivity contribution in [3.8, 4) is 0 Å². The van der Waals surface area contributed by atoms with Gasteiger partial charge in [-0.2, -0.15) is 0 Å². The predicted molar refractivity (Wildman–Crippen MR) is 58.8 cm³/mol. The Balaban J connectivity index is 2.46. The van der Waals surface area contributed by atoms with Gasteiger partial charge in [0.25, 0.3) is 0 Å². The molecule has 0 atom stereocenters. The van der Waals surface area contributed by atoms with Crippen LogP contribution in [0.1, 0.15) is 25.0 Å². The lowest BCUT2D eigenvalue weighted by Gasteiger charge is -2.02. The van der Waals surface area contributed by atoms with E-state index in [4.69, 9.17) is 9.52 Å². The van der Waals surface area contributed by atoms with E-state index in [0.29, 0.717) is 12.2 Å². The summed E-state index contributed by atoms with van der Waals surface area (Å²) in [6.45, 7) is 1.82. The Morgan fingerprint density at radius 2 is 2.29 bits per heavy atom. The fraction of sp³-hybridized carbons (Fsp3) is 0.556. The van der Waals surface area contributed by atoms with Crippen molar-refractivity contribution >= 4 is 16.0 Å². The third-order valence-corrected chi connectivity index (χ3v) is 3.30. The molecule has 0 bridgehead atoms. The van der Waals surface area contributed by atoms with E-state index in [1.165, 1.54) is 6.20 Å². The van der Waals surface area contributed by atoms with Crippen LogP contribution >= 0.6 is 0 Å². The highest BCUT2D eigenvalue weighted by Gasteiger charge is 2.13. The molecule has 0 unspecified atom stereocenters. The zero-order valence-corrected chi connectivity index (χ0v) is 10.2. The van der Waals surface area contributed by atoms with Crippen LogP contribution in [0.25, 0.3) is 0 Å². The number of hydrogen-bond acceptors (Lipinski definition) is 5. The highest BCUT2D eigenvalue weighted by atomic mass is 32.2. The Morgan fingerprint density at radius 3 is 2.82 bits per heavy atom. The average molecular weight is 262 g/mol. The number of sulfonamides is 1. The first-order valence-electron chi connectivity index (χ1n) is 5.05. The first-order valence-corrected chi connectivity index (χ1v) is 6.71. The molecule has 0 amide bonds. The van der Waals surface area contributed by atoms with E-state index in [9.17, 15) is 13.2 Å². The number of aromatic nitrogens is 1. The first kappa shape index (κ1) is 13.7. The van der Waals surface area contributed by atoms with Gasteiger partial charge >= 0.3 is 5.97 Å². The standard InChI is InChI=1S/C9H14N2O5S/c1-2-7-5-10-8(16-7)6-11-17(14,15)4-3-9(12)13/h5,11H,2-4,6H2,1H3,(H,12,13). The molecule has 0 radical (unpaired) electrons. The van der Waals surface area contributed by atoms with Gasteiger partial charge in [0.1, 0.15) is 5.76 Å². The monoisotopic (exact) mass is 262 g/mol. The summed E-state index contributed by atoms with van der Waals surface area (Å²) < 4.78 is 30.1. The van der Waals surface area contributed by atoms with Gasteiger partial charge in [-0.3, -0.25) is 4.79 Å². The van der Waals surface area contributed by atoms with E-state index < -0.39 is 28.2 Å². The molecular weight excluding hydrogens is 248 g/mol. The molecule has 7 nitrogen and oxygen atoms in total. The minimum absolute atomic E-state index is 0.0675. The Morgan fingerprint density at radius 1 is 1.59 bits per heavy atom. The second-order valence-electron chi connectivity index (χ2n) is 3.36. The highest BCUT2D eigenvalue weighted by molar-refractivity contribution is 7.89. The van der Waals surface area contributed by atoms with Crippen LogP contribution in [0.15, 0.2) is 10.6 Å². The largest absolute Gasteiger partial charge is 0.481 e. The van der Waals surface area contributed by atoms with E-state index in [1.807, 2.05) is 6.92 Å². The maximum atomic E-state index is 11.3. The molecule has 96 valence electrons. The van der Waals surface area contributed by atoms with Crippen molar-refractivity contribution in [2.24, 2.45) is 0 Å². The number of carbonyl (C=O) groups is 1. The quantitative estimate of drug-likeness (QED) is 0.722. The van der Waals surface area contributed by atoms with E-state index in [0.717, 1.165) is 0 Å². The van der Waals surface area contributed by atoms with Crippen molar-refractivity contribution in [3.05, 3.63) is 17.8 Å². The molecule has 0 fully saturated rings. The van der Waals surface area contributed by atoms with Crippen molar-refractivity contribution in [1.82, 2.24) is 9.71 Å². The molecule has 0 aliphatic heterocycles. The highest BCUT2D eigenvalue weighted by Crippen LogP contribution is 2.04. The smallest absolute Gasteiger partial charge is 0.304 e. The summed E-state index contributed by atoms with van der Waals surface area (Å²) in [4.78, 5) is 14.1. The van der Waals surface area contributed by atoms with Crippen LogP contribution in [0.4, 0.5) is 0 Å². The molecular formula is C9H14N2O5S. The number of aliphatic carboxylic acids is 1. The molecule has 1 heterocycles. The van der Waals surface area contributed by atoms with Gasteiger partial charge in [0.2, 0.25) is 15.9 Å². The third kappa shape index (κ3) is 4.96. The van der Waals surface area contributed by atoms with Crippen molar-refractivity contribution in [2.45, 2.75) is 26.3 Å². The fourth-order valence-corrected chi connectivity index (χ4v) is 1.99. The number of nitrogens with one attached hydrogen (secondary N) is 1. The third-order valence-electron chi connectivity index (χ3n) is 1.98. The summed E-state index contributed by atoms with van der Waals surface area (Å²) in [5.41, 5.74) is 0. The van der Waals surface area contributed by atoms with E-state index >= 15 is 0 Å². The number of carboxylic acid groups (broad SMARTS) is 1. The van der Waals surface area contributed by atoms with Gasteiger partial charge in [0, 0.05) is 6.42 Å². The summed E-state index contributed by atoms with van der Waals surface area (Å²) in [6, 6.07) is 0. The lowest BCUT2D eigenvalue weighted by molar-refractivity contribution is -0.136. The van der Waals surface area contributed by atoms with E-state index in [1.54, 1.807) is 0 Å². The number of nitrogens with zero attached hydrogens (tertiary/aromatic N) is 1. The summed E-state index contributed by atoms with van der Waals surface area (Å²) in [6.07, 6.45) is 1.78. The molecule has 1 rings (SSSR count). The van der Waals surface area contributed by atoms with Gasteiger partial charge in [-0.05, 0) is 0 Å². The van der Waals surface area contributed by atoms with Crippen LogP contribution in [0.2, 0.25) is 0 Å². The fourth-order valence-electron chi connectivity index (χ4n) is 1.06. The average Bonchev–Trinajstić information content (AvgIpc) is 2.72. The Bertz CT molecular complexity index is 479. The van der Waals surface area contributed by atoms with Crippen LogP contribution in [-0.2, 0) is 27.8 Å². The second-order valence-corrected chi connectivity index (χ2v) is 5.28. The van der Waals surface area contributed by atoms with Gasteiger partial charge in [-0.25, -0.2) is 18.1 Å². The molecule has 8 heteroatoms. The molecule has 0 aliphatic carbocycles. The van der Waals surface area contributed by atoms with Gasteiger partial charge in [0.15, 0.2) is 0 Å². The maximum absolute atomic E-state index is 11.3. The molecule has 0 spiro atoms. The molecule has 17 heavy (non-hydrogen) atoms. The zero-order valence-electron chi connectivity index (χ0n) is 9.34. The van der Waals surface area contributed by atoms with E-state index in [2.05, 4.69) is 9.71 Å². The maximum Gasteiger partial charge on any atom is 0.304 e. The van der Waals surface area contributed by atoms with Crippen LogP contribution in [-0.4, -0.2) is 30.2 Å². The lowest BCUT2D eigenvalue weighted by Crippen LogP contribution is -2.27. The molecule has 1 aromatic heterocycles. The molecule has 0 aliphatic rings. The number of hydrogen-bond donors (Lipinski definition) is 2. The summed E-state index contributed by atoms with van der Waals surface area (Å²) in [5, 5.41) is 8.37. The minimum atomic E-state index is -3.60. The SMILES string of the molecule is CCc1cnc(CNS(=O)(=O)CCC(=O)O)o1. The lowest BCUT2D eigenvalue weighted by atomic mass is 10.4. The molecule has 0 aromatic carbocycles. The predicted octanol–water partition coefficient (Wildman–Crippen LogP) is 0.131. The zero-order chi connectivity index (χ0) is 12.9. The second kappa shape index (κ2) is 5.78. The molecule has 0 saturated carbocycles. The van der Waals surface area contributed by atoms with Crippen molar-refractivity contribution < 1.29 is 22.7 Å². The van der Waals surface area contributed by atoms with Gasteiger partial charge < -0.3 is 9.52 Å². The number of oxazole rings is 1. The number of rotatable bonds is 7. The van der Waals surface area contributed by atoms with Crippen LogP contribution in [0.3, 0.4) is 0 Å². The van der Waals surface area contributed by atoms with Gasteiger partial charge in [0.05, 0.1) is 24.9 Å². The van der Waals surface area contributed by atoms with E-state index in [-0.39, 0.29) is 12.4 Å². The van der Waals surface area contributed by atoms with Crippen LogP contribution in [0.5, 0.6) is 0 Å². The molecule has 2 N–H and O–H groups in total. The number of aryl methyl sites for hydroxylation is 1. The van der Waals surface area contributed by atoms with Gasteiger partial charge in [-0.1, -0.05) is 6.92 Å². The van der Waals surface area contributed by atoms with Crippen LogP contribution < -0.4 is 4.72 Å². The Labute approximate surface area is 98.9 Å². The molecule has 1 aromatic rings. The van der Waals surface area contributed by atoms with Crippen molar-refractivity contribution in [2.75, 3.05) is 5.75 Å². The van der Waals surface area contributed by atoms with Crippen molar-refractivity contribution in [3.63, 3.8) is 0 Å². The van der Waals surface area contributed by atoms with Crippen molar-refractivity contribution in [1.29, 1.82) is 0 Å². The summed E-state index contributed by atoms with van der Waals surface area (Å²) in [5.74, 6) is -0.672.